The molecule has 0 aromatic heterocycles. The lowest BCUT2D eigenvalue weighted by Gasteiger charge is -2.05. The summed E-state index contributed by atoms with van der Waals surface area (Å²) >= 11 is 0. The molecule has 0 bridgehead atoms. The summed E-state index contributed by atoms with van der Waals surface area (Å²) in [5, 5.41) is 9.93. The Balaban J connectivity index is 2.49. The van der Waals surface area contributed by atoms with Gasteiger partial charge in [0.05, 0.1) is 0 Å². The van der Waals surface area contributed by atoms with Gasteiger partial charge in [0.25, 0.3) is 5.91 Å². The van der Waals surface area contributed by atoms with Crippen molar-refractivity contribution in [3.05, 3.63) is 35.4 Å². The van der Waals surface area contributed by atoms with Gasteiger partial charge >= 0.3 is 5.97 Å². The predicted octanol–water partition coefficient (Wildman–Crippen LogP) is 2.97. The van der Waals surface area contributed by atoms with Crippen molar-refractivity contribution in [1.29, 1.82) is 0 Å². The molecule has 0 heterocycles. The summed E-state index contributed by atoms with van der Waals surface area (Å²) in [5.41, 5.74) is 3.03. The number of hydroxylamine groups is 1. The highest BCUT2D eigenvalue weighted by atomic mass is 16.7. The Morgan fingerprint density at radius 3 is 2.81 bits per heavy atom. The third-order valence-electron chi connectivity index (χ3n) is 3.51. The Morgan fingerprint density at radius 2 is 2.08 bits per heavy atom. The highest BCUT2D eigenvalue weighted by Crippen LogP contribution is 2.07. The van der Waals surface area contributed by atoms with E-state index in [-0.39, 0.29) is 6.42 Å². The zero-order valence-electron chi connectivity index (χ0n) is 15.3. The summed E-state index contributed by atoms with van der Waals surface area (Å²) in [6.45, 7) is 3.46. The maximum absolute atomic E-state index is 11.9. The highest BCUT2D eigenvalue weighted by Gasteiger charge is 2.08. The number of carbonyl (C=O) groups is 2. The number of hydrogen-bond donors (Lipinski definition) is 2. The zero-order valence-corrected chi connectivity index (χ0v) is 15.3. The lowest BCUT2D eigenvalue weighted by atomic mass is 10.1. The van der Waals surface area contributed by atoms with E-state index >= 15 is 0 Å². The van der Waals surface area contributed by atoms with Crippen LogP contribution in [0.3, 0.4) is 0 Å². The van der Waals surface area contributed by atoms with Crippen molar-refractivity contribution < 1.29 is 19.5 Å². The minimum absolute atomic E-state index is 0.176. The molecule has 0 aliphatic heterocycles. The molecule has 0 saturated heterocycles. The van der Waals surface area contributed by atoms with Crippen molar-refractivity contribution in [1.82, 2.24) is 5.48 Å². The quantitative estimate of drug-likeness (QED) is 0.448. The van der Waals surface area contributed by atoms with Crippen molar-refractivity contribution in [2.45, 2.75) is 58.5 Å². The van der Waals surface area contributed by atoms with Gasteiger partial charge in [0, 0.05) is 24.0 Å². The number of amides is 1. The molecule has 1 rings (SSSR count). The second-order valence-electron chi connectivity index (χ2n) is 5.65. The van der Waals surface area contributed by atoms with Crippen molar-refractivity contribution in [2.24, 2.45) is 0 Å². The van der Waals surface area contributed by atoms with Crippen LogP contribution in [0.1, 0.15) is 68.3 Å². The molecule has 138 valence electrons. The van der Waals surface area contributed by atoms with E-state index in [0.29, 0.717) is 17.5 Å². The standard InChI is InChI=1S/C21H25NO4/c1-3-5-6-7-8-9-13-19(23)15-14-17-11-10-12-18(16-17)21(25)22-26-20(24)4-2/h10-12,16,19,23H,4,6-9,13H2,1-2H3,(H,22,25). The fourth-order valence-corrected chi connectivity index (χ4v) is 2.06. The van der Waals surface area contributed by atoms with Crippen LogP contribution in [0.2, 0.25) is 0 Å². The maximum atomic E-state index is 11.9. The number of aliphatic hydroxyl groups excluding tert-OH is 1. The largest absolute Gasteiger partial charge is 0.380 e. The van der Waals surface area contributed by atoms with Crippen molar-refractivity contribution in [3.63, 3.8) is 0 Å². The Kier molecular flexibility index (Phi) is 10.3. The fraction of sp³-hybridized carbons (Fsp3) is 0.429. The van der Waals surface area contributed by atoms with Gasteiger partial charge in [0.15, 0.2) is 0 Å². The summed E-state index contributed by atoms with van der Waals surface area (Å²) in [5.74, 6) is 10.5. The average molecular weight is 355 g/mol. The monoisotopic (exact) mass is 355 g/mol. The molecule has 0 saturated carbocycles. The van der Waals surface area contributed by atoms with Crippen LogP contribution >= 0.6 is 0 Å². The van der Waals surface area contributed by atoms with E-state index in [1.54, 1.807) is 31.2 Å². The van der Waals surface area contributed by atoms with Crippen LogP contribution in [0, 0.1) is 23.7 Å². The first kappa shape index (κ1) is 21.3. The molecule has 0 aliphatic rings. The van der Waals surface area contributed by atoms with Gasteiger partial charge in [-0.1, -0.05) is 31.3 Å². The average Bonchev–Trinajstić information content (AvgIpc) is 2.67. The first-order valence-corrected chi connectivity index (χ1v) is 8.76. The molecule has 0 aliphatic carbocycles. The molecule has 1 aromatic rings. The van der Waals surface area contributed by atoms with Crippen LogP contribution in [-0.4, -0.2) is 23.1 Å². The van der Waals surface area contributed by atoms with Crippen LogP contribution in [-0.2, 0) is 9.63 Å². The van der Waals surface area contributed by atoms with E-state index in [4.69, 9.17) is 0 Å². The first-order valence-electron chi connectivity index (χ1n) is 8.76. The molecule has 26 heavy (non-hydrogen) atoms. The number of nitrogens with one attached hydrogen (secondary N) is 1. The van der Waals surface area contributed by atoms with E-state index in [0.717, 1.165) is 25.7 Å². The van der Waals surface area contributed by atoms with Gasteiger partial charge < -0.3 is 9.94 Å². The fourth-order valence-electron chi connectivity index (χ4n) is 2.06. The highest BCUT2D eigenvalue weighted by molar-refractivity contribution is 5.94. The second kappa shape index (κ2) is 12.6. The normalized spacial score (nSPS) is 10.6. The van der Waals surface area contributed by atoms with Gasteiger partial charge in [-0.2, -0.15) is 5.48 Å². The lowest BCUT2D eigenvalue weighted by Crippen LogP contribution is -2.26. The number of rotatable bonds is 7. The second-order valence-corrected chi connectivity index (χ2v) is 5.65. The molecule has 2 N–H and O–H groups in total. The molecular formula is C21H25NO4. The molecule has 0 spiro atoms. The SMILES string of the molecule is CC#CCCCCCC(O)C#Cc1cccc(C(=O)NOC(=O)CC)c1. The topological polar surface area (TPSA) is 75.6 Å². The van der Waals surface area contributed by atoms with Gasteiger partial charge in [0.1, 0.15) is 6.10 Å². The van der Waals surface area contributed by atoms with Crippen LogP contribution in [0.5, 0.6) is 0 Å². The number of unbranched alkanes of at least 4 members (excludes halogenated alkanes) is 3. The van der Waals surface area contributed by atoms with E-state index in [1.807, 2.05) is 6.92 Å². The molecule has 0 fully saturated rings. The Morgan fingerprint density at radius 1 is 1.27 bits per heavy atom. The van der Waals surface area contributed by atoms with Gasteiger partial charge in [-0.3, -0.25) is 4.79 Å². The first-order chi connectivity index (χ1) is 12.6. The zero-order chi connectivity index (χ0) is 19.2. The van der Waals surface area contributed by atoms with Crippen molar-refractivity contribution >= 4 is 11.9 Å². The summed E-state index contributed by atoms with van der Waals surface area (Å²) < 4.78 is 0. The molecule has 5 nitrogen and oxygen atoms in total. The third-order valence-corrected chi connectivity index (χ3v) is 3.51. The van der Waals surface area contributed by atoms with Gasteiger partial charge in [-0.05, 0) is 44.4 Å². The summed E-state index contributed by atoms with van der Waals surface area (Å²) in [4.78, 5) is 27.6. The van der Waals surface area contributed by atoms with Crippen LogP contribution in [0.25, 0.3) is 0 Å². The Hall–Kier alpha value is -2.76. The van der Waals surface area contributed by atoms with Crippen LogP contribution in [0.4, 0.5) is 0 Å². The van der Waals surface area contributed by atoms with E-state index in [1.165, 1.54) is 0 Å². The number of benzene rings is 1. The third kappa shape index (κ3) is 8.92. The minimum Gasteiger partial charge on any atom is -0.380 e. The number of aliphatic hydroxyl groups is 1. The van der Waals surface area contributed by atoms with E-state index in [2.05, 4.69) is 34.0 Å². The molecule has 5 heteroatoms. The van der Waals surface area contributed by atoms with E-state index in [9.17, 15) is 14.7 Å². The van der Waals surface area contributed by atoms with Crippen molar-refractivity contribution in [2.75, 3.05) is 0 Å². The summed E-state index contributed by atoms with van der Waals surface area (Å²) in [6, 6.07) is 6.61. The van der Waals surface area contributed by atoms with E-state index < -0.39 is 18.0 Å². The minimum atomic E-state index is -0.699. The lowest BCUT2D eigenvalue weighted by molar-refractivity contribution is -0.148. The van der Waals surface area contributed by atoms with Gasteiger partial charge in [-0.25, -0.2) is 4.79 Å². The molecule has 1 atom stereocenters. The number of carbonyl (C=O) groups excluding carboxylic acids is 2. The maximum Gasteiger partial charge on any atom is 0.331 e. The van der Waals surface area contributed by atoms with Gasteiger partial charge in [-0.15, -0.1) is 11.8 Å². The molecular weight excluding hydrogens is 330 g/mol. The Bertz CT molecular complexity index is 719. The molecule has 1 unspecified atom stereocenters. The van der Waals surface area contributed by atoms with Gasteiger partial charge in [0.2, 0.25) is 0 Å². The predicted molar refractivity (Wildman–Crippen MR) is 99.7 cm³/mol. The molecule has 1 aromatic carbocycles. The molecule has 0 radical (unpaired) electrons. The smallest absolute Gasteiger partial charge is 0.331 e. The summed E-state index contributed by atoms with van der Waals surface area (Å²) in [6.07, 6.45) is 3.92. The van der Waals surface area contributed by atoms with Crippen molar-refractivity contribution in [3.8, 4) is 23.7 Å². The number of hydrogen-bond acceptors (Lipinski definition) is 4. The summed E-state index contributed by atoms with van der Waals surface area (Å²) in [7, 11) is 0. The van der Waals surface area contributed by atoms with Crippen LogP contribution in [0.15, 0.2) is 24.3 Å². The van der Waals surface area contributed by atoms with Crippen LogP contribution < -0.4 is 5.48 Å². The Labute approximate surface area is 155 Å². The molecule has 1 amide bonds.